The molecule has 0 bridgehead atoms. The van der Waals surface area contributed by atoms with E-state index in [2.05, 4.69) is 5.16 Å². The van der Waals surface area contributed by atoms with Crippen LogP contribution in [0, 0.1) is 0 Å². The number of carboxylic acid groups (broad SMARTS) is 1. The zero-order valence-electron chi connectivity index (χ0n) is 7.85. The van der Waals surface area contributed by atoms with Gasteiger partial charge in [-0.05, 0) is 18.2 Å². The number of halogens is 1. The van der Waals surface area contributed by atoms with Crippen LogP contribution in [-0.2, 0) is 0 Å². The van der Waals surface area contributed by atoms with Crippen LogP contribution in [0.15, 0.2) is 28.8 Å². The highest BCUT2D eigenvalue weighted by Crippen LogP contribution is 2.31. The van der Waals surface area contributed by atoms with Crippen molar-refractivity contribution in [2.75, 3.05) is 0 Å². The van der Waals surface area contributed by atoms with E-state index < -0.39 is 5.97 Å². The van der Waals surface area contributed by atoms with Crippen LogP contribution >= 0.6 is 11.6 Å². The van der Waals surface area contributed by atoms with Gasteiger partial charge >= 0.3 is 5.97 Å². The lowest BCUT2D eigenvalue weighted by Gasteiger charge is -1.99. The summed E-state index contributed by atoms with van der Waals surface area (Å²) in [6.07, 6.45) is 0. The van der Waals surface area contributed by atoms with E-state index in [4.69, 9.17) is 21.2 Å². The van der Waals surface area contributed by atoms with Gasteiger partial charge in [0.05, 0.1) is 5.56 Å². The Morgan fingerprint density at radius 3 is 2.75 bits per heavy atom. The van der Waals surface area contributed by atoms with Crippen molar-refractivity contribution >= 4 is 17.6 Å². The number of aromatic nitrogens is 1. The van der Waals surface area contributed by atoms with Crippen LogP contribution in [0.3, 0.4) is 0 Å². The fourth-order valence-corrected chi connectivity index (χ4v) is 1.38. The van der Waals surface area contributed by atoms with Gasteiger partial charge in [-0.1, -0.05) is 16.8 Å². The Balaban J connectivity index is 2.50. The standard InChI is InChI=1S/C10H6ClNO4/c11-5-1-2-8(13)6(3-5)9-4-7(10(14)15)12-16-9/h1-4,13H,(H,14,15). The van der Waals surface area contributed by atoms with Crippen molar-refractivity contribution in [3.8, 4) is 17.1 Å². The molecule has 5 nitrogen and oxygen atoms in total. The molecule has 0 atom stereocenters. The average molecular weight is 240 g/mol. The molecule has 0 unspecified atom stereocenters. The molecule has 1 aromatic carbocycles. The molecule has 1 aromatic heterocycles. The number of phenolic OH excluding ortho intramolecular Hbond substituents is 1. The zero-order chi connectivity index (χ0) is 11.7. The molecule has 0 aliphatic rings. The fourth-order valence-electron chi connectivity index (χ4n) is 1.21. The van der Waals surface area contributed by atoms with Crippen LogP contribution < -0.4 is 0 Å². The molecular weight excluding hydrogens is 234 g/mol. The molecule has 0 saturated heterocycles. The summed E-state index contributed by atoms with van der Waals surface area (Å²) < 4.78 is 4.80. The van der Waals surface area contributed by atoms with E-state index in [-0.39, 0.29) is 17.2 Å². The lowest BCUT2D eigenvalue weighted by atomic mass is 10.1. The molecule has 2 N–H and O–H groups in total. The van der Waals surface area contributed by atoms with Crippen molar-refractivity contribution in [3.63, 3.8) is 0 Å². The number of nitrogens with zero attached hydrogens (tertiary/aromatic N) is 1. The molecule has 82 valence electrons. The Hall–Kier alpha value is -2.01. The molecule has 2 rings (SSSR count). The quantitative estimate of drug-likeness (QED) is 0.841. The molecule has 1 heterocycles. The molecule has 0 amide bonds. The summed E-state index contributed by atoms with van der Waals surface area (Å²) in [5.41, 5.74) is 0.0712. The predicted octanol–water partition coefficient (Wildman–Crippen LogP) is 2.40. The molecule has 0 fully saturated rings. The molecule has 0 aliphatic heterocycles. The smallest absolute Gasteiger partial charge is 0.358 e. The second-order valence-electron chi connectivity index (χ2n) is 3.04. The number of rotatable bonds is 2. The maximum absolute atomic E-state index is 10.6. The zero-order valence-corrected chi connectivity index (χ0v) is 8.60. The summed E-state index contributed by atoms with van der Waals surface area (Å²) in [6, 6.07) is 5.58. The third kappa shape index (κ3) is 1.85. The minimum atomic E-state index is -1.20. The molecule has 0 saturated carbocycles. The summed E-state index contributed by atoms with van der Waals surface area (Å²) in [6.45, 7) is 0. The van der Waals surface area contributed by atoms with E-state index in [1.54, 1.807) is 0 Å². The predicted molar refractivity (Wildman–Crippen MR) is 55.6 cm³/mol. The average Bonchev–Trinajstić information content (AvgIpc) is 2.70. The maximum Gasteiger partial charge on any atom is 0.358 e. The van der Waals surface area contributed by atoms with Gasteiger partial charge in [-0.3, -0.25) is 0 Å². The molecule has 0 aliphatic carbocycles. The van der Waals surface area contributed by atoms with E-state index in [1.165, 1.54) is 24.3 Å². The van der Waals surface area contributed by atoms with Crippen LogP contribution in [0.2, 0.25) is 5.02 Å². The Bertz CT molecular complexity index is 550. The number of phenols is 1. The Labute approximate surface area is 94.9 Å². The number of aromatic hydroxyl groups is 1. The van der Waals surface area contributed by atoms with Gasteiger partial charge in [0.25, 0.3) is 0 Å². The van der Waals surface area contributed by atoms with Crippen molar-refractivity contribution < 1.29 is 19.5 Å². The van der Waals surface area contributed by atoms with Crippen LogP contribution in [0.4, 0.5) is 0 Å². The number of hydrogen-bond donors (Lipinski definition) is 2. The summed E-state index contributed by atoms with van der Waals surface area (Å²) in [7, 11) is 0. The number of carbonyl (C=O) groups is 1. The number of carboxylic acids is 1. The first-order valence-corrected chi connectivity index (χ1v) is 4.64. The van der Waals surface area contributed by atoms with Gasteiger partial charge in [0.1, 0.15) is 5.75 Å². The monoisotopic (exact) mass is 239 g/mol. The van der Waals surface area contributed by atoms with E-state index in [0.717, 1.165) is 0 Å². The third-order valence-electron chi connectivity index (χ3n) is 1.95. The highest BCUT2D eigenvalue weighted by Gasteiger charge is 2.14. The SMILES string of the molecule is O=C(O)c1cc(-c2cc(Cl)ccc2O)on1. The van der Waals surface area contributed by atoms with Crippen LogP contribution in [0.25, 0.3) is 11.3 Å². The van der Waals surface area contributed by atoms with Crippen LogP contribution in [0.1, 0.15) is 10.5 Å². The molecule has 2 aromatic rings. The number of hydrogen-bond acceptors (Lipinski definition) is 4. The number of aromatic carboxylic acids is 1. The lowest BCUT2D eigenvalue weighted by Crippen LogP contribution is -1.94. The van der Waals surface area contributed by atoms with Crippen LogP contribution in [-0.4, -0.2) is 21.3 Å². The molecule has 6 heteroatoms. The summed E-state index contributed by atoms with van der Waals surface area (Å²) in [5.74, 6) is -1.11. The van der Waals surface area contributed by atoms with Crippen molar-refractivity contribution in [1.29, 1.82) is 0 Å². The minimum Gasteiger partial charge on any atom is -0.507 e. The highest BCUT2D eigenvalue weighted by molar-refractivity contribution is 6.30. The summed E-state index contributed by atoms with van der Waals surface area (Å²) >= 11 is 5.75. The lowest BCUT2D eigenvalue weighted by molar-refractivity contribution is 0.0686. The Morgan fingerprint density at radius 1 is 1.38 bits per heavy atom. The van der Waals surface area contributed by atoms with E-state index in [9.17, 15) is 9.90 Å². The maximum atomic E-state index is 10.6. The van der Waals surface area contributed by atoms with Gasteiger partial charge in [-0.2, -0.15) is 0 Å². The van der Waals surface area contributed by atoms with Gasteiger partial charge in [0.15, 0.2) is 11.5 Å². The topological polar surface area (TPSA) is 83.6 Å². The number of benzene rings is 1. The Kier molecular flexibility index (Phi) is 2.54. The molecule has 16 heavy (non-hydrogen) atoms. The van der Waals surface area contributed by atoms with Crippen molar-refractivity contribution in [2.45, 2.75) is 0 Å². The van der Waals surface area contributed by atoms with E-state index in [1.807, 2.05) is 0 Å². The van der Waals surface area contributed by atoms with Gasteiger partial charge in [0.2, 0.25) is 0 Å². The van der Waals surface area contributed by atoms with Crippen molar-refractivity contribution in [2.24, 2.45) is 0 Å². The normalized spacial score (nSPS) is 10.3. The third-order valence-corrected chi connectivity index (χ3v) is 2.19. The first kappa shape index (κ1) is 10.5. The van der Waals surface area contributed by atoms with Crippen molar-refractivity contribution in [3.05, 3.63) is 35.0 Å². The minimum absolute atomic E-state index is 0.0579. The molecular formula is C10H6ClNO4. The van der Waals surface area contributed by atoms with E-state index >= 15 is 0 Å². The summed E-state index contributed by atoms with van der Waals surface area (Å²) in [4.78, 5) is 10.6. The fraction of sp³-hybridized carbons (Fsp3) is 0. The van der Waals surface area contributed by atoms with Crippen molar-refractivity contribution in [1.82, 2.24) is 5.16 Å². The van der Waals surface area contributed by atoms with Gasteiger partial charge < -0.3 is 14.7 Å². The van der Waals surface area contributed by atoms with Gasteiger partial charge in [-0.25, -0.2) is 4.79 Å². The largest absolute Gasteiger partial charge is 0.507 e. The first-order chi connectivity index (χ1) is 7.58. The van der Waals surface area contributed by atoms with Crippen LogP contribution in [0.5, 0.6) is 5.75 Å². The Morgan fingerprint density at radius 2 is 2.12 bits per heavy atom. The highest BCUT2D eigenvalue weighted by atomic mass is 35.5. The first-order valence-electron chi connectivity index (χ1n) is 4.27. The second kappa shape index (κ2) is 3.86. The van der Waals surface area contributed by atoms with Gasteiger partial charge in [-0.15, -0.1) is 0 Å². The van der Waals surface area contributed by atoms with Gasteiger partial charge in [0, 0.05) is 11.1 Å². The summed E-state index contributed by atoms with van der Waals surface area (Å²) in [5, 5.41) is 21.9. The molecule has 0 radical (unpaired) electrons. The second-order valence-corrected chi connectivity index (χ2v) is 3.48. The molecule has 0 spiro atoms. The van der Waals surface area contributed by atoms with E-state index in [0.29, 0.717) is 10.6 Å².